The average molecular weight is 271 g/mol. The van der Waals surface area contributed by atoms with Gasteiger partial charge in [0.05, 0.1) is 0 Å². The van der Waals surface area contributed by atoms with Crippen LogP contribution in [0.25, 0.3) is 0 Å². The van der Waals surface area contributed by atoms with Gasteiger partial charge >= 0.3 is 0 Å². The molecule has 1 fully saturated rings. The lowest BCUT2D eigenvalue weighted by Crippen LogP contribution is -1.98. The summed E-state index contributed by atoms with van der Waals surface area (Å²) in [4.78, 5) is 10.6. The van der Waals surface area contributed by atoms with Gasteiger partial charge in [-0.25, -0.2) is 0 Å². The van der Waals surface area contributed by atoms with Crippen LogP contribution >= 0.6 is 27.7 Å². The third-order valence-electron chi connectivity index (χ3n) is 2.53. The minimum atomic E-state index is 0.662. The Morgan fingerprint density at radius 2 is 2.36 bits per heavy atom. The highest BCUT2D eigenvalue weighted by Crippen LogP contribution is 2.36. The Morgan fingerprint density at radius 1 is 1.50 bits per heavy atom. The maximum Gasteiger partial charge on any atom is 0.150 e. The summed E-state index contributed by atoms with van der Waals surface area (Å²) in [5.41, 5.74) is 2.09. The van der Waals surface area contributed by atoms with Crippen LogP contribution < -0.4 is 0 Å². The van der Waals surface area contributed by atoms with E-state index in [1.165, 1.54) is 23.5 Å². The van der Waals surface area contributed by atoms with Gasteiger partial charge in [0, 0.05) is 15.8 Å². The molecule has 1 aliphatic heterocycles. The van der Waals surface area contributed by atoms with Crippen LogP contribution in [-0.4, -0.2) is 17.8 Å². The fraction of sp³-hybridized carbons (Fsp3) is 0.364. The van der Waals surface area contributed by atoms with Gasteiger partial charge in [-0.2, -0.15) is 11.8 Å². The molecule has 0 radical (unpaired) electrons. The Labute approximate surface area is 96.4 Å². The minimum Gasteiger partial charge on any atom is -0.298 e. The summed E-state index contributed by atoms with van der Waals surface area (Å²) in [5, 5.41) is 0. The number of thioether (sulfide) groups is 1. The quantitative estimate of drug-likeness (QED) is 0.766. The maximum absolute atomic E-state index is 10.6. The second-order valence-corrected chi connectivity index (χ2v) is 5.46. The second kappa shape index (κ2) is 4.49. The van der Waals surface area contributed by atoms with Gasteiger partial charge in [-0.15, -0.1) is 0 Å². The number of carbonyl (C=O) groups excluding carboxylic acids is 1. The molecule has 2 rings (SSSR count). The molecule has 0 bridgehead atoms. The first-order valence-electron chi connectivity index (χ1n) is 4.63. The molecular formula is C11H11BrOS. The first-order valence-corrected chi connectivity index (χ1v) is 6.58. The number of carbonyl (C=O) groups is 1. The molecule has 0 amide bonds. The summed E-state index contributed by atoms with van der Waals surface area (Å²) in [6.07, 6.45) is 2.14. The van der Waals surface area contributed by atoms with Crippen LogP contribution in [0.1, 0.15) is 28.3 Å². The van der Waals surface area contributed by atoms with Gasteiger partial charge < -0.3 is 0 Å². The van der Waals surface area contributed by atoms with Gasteiger partial charge in [0.2, 0.25) is 0 Å². The molecule has 0 spiro atoms. The molecule has 3 heteroatoms. The third-order valence-corrected chi connectivity index (χ3v) is 4.38. The van der Waals surface area contributed by atoms with Crippen LogP contribution in [-0.2, 0) is 0 Å². The zero-order chi connectivity index (χ0) is 9.97. The molecule has 1 aliphatic rings. The molecule has 0 N–H and O–H groups in total. The predicted molar refractivity (Wildman–Crippen MR) is 64.2 cm³/mol. The Balaban J connectivity index is 2.29. The topological polar surface area (TPSA) is 17.1 Å². The fourth-order valence-electron chi connectivity index (χ4n) is 1.73. The lowest BCUT2D eigenvalue weighted by molar-refractivity contribution is 0.112. The van der Waals surface area contributed by atoms with E-state index in [9.17, 15) is 4.79 Å². The van der Waals surface area contributed by atoms with E-state index >= 15 is 0 Å². The predicted octanol–water partition coefficient (Wildman–Crippen LogP) is 3.48. The number of hydrogen-bond donors (Lipinski definition) is 0. The van der Waals surface area contributed by atoms with Crippen molar-refractivity contribution in [2.75, 3.05) is 11.5 Å². The van der Waals surface area contributed by atoms with Gasteiger partial charge in [0.25, 0.3) is 0 Å². The van der Waals surface area contributed by atoms with Gasteiger partial charge in [-0.05, 0) is 29.7 Å². The van der Waals surface area contributed by atoms with Crippen LogP contribution in [0.2, 0.25) is 0 Å². The summed E-state index contributed by atoms with van der Waals surface area (Å²) >= 11 is 5.54. The van der Waals surface area contributed by atoms with E-state index in [-0.39, 0.29) is 0 Å². The molecule has 0 aliphatic carbocycles. The second-order valence-electron chi connectivity index (χ2n) is 3.46. The van der Waals surface area contributed by atoms with E-state index in [1.54, 1.807) is 0 Å². The van der Waals surface area contributed by atoms with Gasteiger partial charge in [-0.3, -0.25) is 4.79 Å². The van der Waals surface area contributed by atoms with Crippen molar-refractivity contribution in [1.29, 1.82) is 0 Å². The van der Waals surface area contributed by atoms with Crippen LogP contribution in [0, 0.1) is 0 Å². The van der Waals surface area contributed by atoms with Crippen LogP contribution in [0.15, 0.2) is 22.7 Å². The van der Waals surface area contributed by atoms with Gasteiger partial charge in [-0.1, -0.05) is 28.1 Å². The van der Waals surface area contributed by atoms with Gasteiger partial charge in [0.1, 0.15) is 6.29 Å². The largest absolute Gasteiger partial charge is 0.298 e. The van der Waals surface area contributed by atoms with Crippen molar-refractivity contribution in [1.82, 2.24) is 0 Å². The highest BCUT2D eigenvalue weighted by atomic mass is 79.9. The summed E-state index contributed by atoms with van der Waals surface area (Å²) < 4.78 is 1.08. The molecule has 1 atom stereocenters. The van der Waals surface area contributed by atoms with Gasteiger partial charge in [0.15, 0.2) is 0 Å². The molecule has 1 saturated heterocycles. The number of halogens is 1. The average Bonchev–Trinajstić information content (AvgIpc) is 2.70. The van der Waals surface area contributed by atoms with E-state index in [0.717, 1.165) is 16.3 Å². The first kappa shape index (κ1) is 10.2. The maximum atomic E-state index is 10.6. The molecule has 1 unspecified atom stereocenters. The van der Waals surface area contributed by atoms with Crippen molar-refractivity contribution >= 4 is 34.0 Å². The Hall–Kier alpha value is -0.280. The van der Waals surface area contributed by atoms with E-state index < -0.39 is 0 Å². The molecule has 1 nitrogen and oxygen atoms in total. The summed E-state index contributed by atoms with van der Waals surface area (Å²) in [5.74, 6) is 3.13. The number of aldehydes is 1. The zero-order valence-corrected chi connectivity index (χ0v) is 10.1. The molecule has 0 aromatic heterocycles. The number of hydrogen-bond acceptors (Lipinski definition) is 2. The lowest BCUT2D eigenvalue weighted by atomic mass is 9.98. The normalized spacial score (nSPS) is 21.1. The van der Waals surface area contributed by atoms with Crippen molar-refractivity contribution in [3.8, 4) is 0 Å². The summed E-state index contributed by atoms with van der Waals surface area (Å²) in [7, 11) is 0. The standard InChI is InChI=1S/C11H11BrOS/c12-11-5-8(6-13)1-2-10(11)9-3-4-14-7-9/h1-2,5-6,9H,3-4,7H2. The first-order chi connectivity index (χ1) is 6.81. The van der Waals surface area contributed by atoms with Crippen LogP contribution in [0.3, 0.4) is 0 Å². The van der Waals surface area contributed by atoms with Crippen molar-refractivity contribution in [2.45, 2.75) is 12.3 Å². The third kappa shape index (κ3) is 2.04. The summed E-state index contributed by atoms with van der Waals surface area (Å²) in [6, 6.07) is 5.88. The van der Waals surface area contributed by atoms with E-state index in [4.69, 9.17) is 0 Å². The molecule has 0 saturated carbocycles. The number of rotatable bonds is 2. The van der Waals surface area contributed by atoms with Crippen molar-refractivity contribution in [2.24, 2.45) is 0 Å². The fourth-order valence-corrected chi connectivity index (χ4v) is 3.70. The van der Waals surface area contributed by atoms with E-state index in [0.29, 0.717) is 5.92 Å². The van der Waals surface area contributed by atoms with Crippen LogP contribution in [0.4, 0.5) is 0 Å². The highest BCUT2D eigenvalue weighted by molar-refractivity contribution is 9.10. The smallest absolute Gasteiger partial charge is 0.150 e. The highest BCUT2D eigenvalue weighted by Gasteiger charge is 2.19. The van der Waals surface area contributed by atoms with Crippen molar-refractivity contribution < 1.29 is 4.79 Å². The molecule has 1 aromatic carbocycles. The van der Waals surface area contributed by atoms with Crippen LogP contribution in [0.5, 0.6) is 0 Å². The van der Waals surface area contributed by atoms with E-state index in [1.807, 2.05) is 23.9 Å². The van der Waals surface area contributed by atoms with E-state index in [2.05, 4.69) is 22.0 Å². The Bertz CT molecular complexity index is 345. The zero-order valence-electron chi connectivity index (χ0n) is 7.70. The monoisotopic (exact) mass is 270 g/mol. The Morgan fingerprint density at radius 3 is 2.93 bits per heavy atom. The molecular weight excluding hydrogens is 260 g/mol. The number of benzene rings is 1. The lowest BCUT2D eigenvalue weighted by Gasteiger charge is -2.11. The molecule has 74 valence electrons. The SMILES string of the molecule is O=Cc1ccc(C2CCSC2)c(Br)c1. The van der Waals surface area contributed by atoms with Crippen molar-refractivity contribution in [3.63, 3.8) is 0 Å². The van der Waals surface area contributed by atoms with Crippen molar-refractivity contribution in [3.05, 3.63) is 33.8 Å². The minimum absolute atomic E-state index is 0.662. The molecule has 1 aromatic rings. The Kier molecular flexibility index (Phi) is 3.29. The molecule has 14 heavy (non-hydrogen) atoms. The molecule has 1 heterocycles. The summed E-state index contributed by atoms with van der Waals surface area (Å²) in [6.45, 7) is 0.